The summed E-state index contributed by atoms with van der Waals surface area (Å²) < 4.78 is 6.08. The molecule has 5 N–H and O–H groups in total. The van der Waals surface area contributed by atoms with E-state index in [9.17, 15) is 14.7 Å². The largest absolute Gasteiger partial charge is 0.481 e. The summed E-state index contributed by atoms with van der Waals surface area (Å²) in [6.45, 7) is 0.695. The van der Waals surface area contributed by atoms with Crippen LogP contribution in [0, 0.1) is 23.7 Å². The van der Waals surface area contributed by atoms with Gasteiger partial charge in [0.2, 0.25) is 0 Å². The maximum absolute atomic E-state index is 13.0. The molecule has 7 unspecified atom stereocenters. The lowest BCUT2D eigenvalue weighted by atomic mass is 9.69. The minimum absolute atomic E-state index is 0.103. The molecule has 3 saturated heterocycles. The molecule has 3 aliphatic heterocycles. The van der Waals surface area contributed by atoms with Gasteiger partial charge in [-0.25, -0.2) is 0 Å². The van der Waals surface area contributed by atoms with Gasteiger partial charge < -0.3 is 20.9 Å². The molecule has 0 spiro atoms. The number of carbonyl (C=O) groups excluding carboxylic acids is 1. The van der Waals surface area contributed by atoms with E-state index in [-0.39, 0.29) is 24.2 Å². The van der Waals surface area contributed by atoms with E-state index in [1.807, 2.05) is 0 Å². The zero-order valence-corrected chi connectivity index (χ0v) is 13.1. The van der Waals surface area contributed by atoms with E-state index >= 15 is 0 Å². The molecule has 0 aromatic heterocycles. The summed E-state index contributed by atoms with van der Waals surface area (Å²) >= 11 is 0. The van der Waals surface area contributed by atoms with E-state index < -0.39 is 30.2 Å². The lowest BCUT2D eigenvalue weighted by molar-refractivity contribution is -0.181. The fourth-order valence-electron chi connectivity index (χ4n) is 4.65. The third kappa shape index (κ3) is 2.59. The molecule has 4 fully saturated rings. The van der Waals surface area contributed by atoms with Crippen molar-refractivity contribution in [1.82, 2.24) is 10.6 Å². The zero-order chi connectivity index (χ0) is 16.1. The molecule has 128 valence electrons. The van der Waals surface area contributed by atoms with Crippen LogP contribution in [0.5, 0.6) is 0 Å². The van der Waals surface area contributed by atoms with Crippen LogP contribution in [0.25, 0.3) is 0 Å². The minimum atomic E-state index is -0.948. The molecule has 3 heterocycles. The van der Waals surface area contributed by atoms with Crippen molar-refractivity contribution < 1.29 is 19.4 Å². The third-order valence-electron chi connectivity index (χ3n) is 6.29. The summed E-state index contributed by atoms with van der Waals surface area (Å²) in [5.74, 6) is -1.32. The summed E-state index contributed by atoms with van der Waals surface area (Å²) in [7, 11) is 0. The van der Waals surface area contributed by atoms with E-state index in [1.165, 1.54) is 19.3 Å². The average Bonchev–Trinajstić information content (AvgIpc) is 2.45. The Labute approximate surface area is 135 Å². The molecule has 7 nitrogen and oxygen atoms in total. The van der Waals surface area contributed by atoms with Crippen molar-refractivity contribution in [1.29, 1.82) is 0 Å². The number of rotatable bonds is 2. The van der Waals surface area contributed by atoms with Gasteiger partial charge in [0.05, 0.1) is 24.1 Å². The average molecular weight is 323 g/mol. The highest BCUT2D eigenvalue weighted by Crippen LogP contribution is 2.40. The van der Waals surface area contributed by atoms with Crippen molar-refractivity contribution in [3.8, 4) is 0 Å². The molecule has 1 aliphatic carbocycles. The molecule has 7 heteroatoms. The van der Waals surface area contributed by atoms with Gasteiger partial charge in [-0.1, -0.05) is 6.42 Å². The lowest BCUT2D eigenvalue weighted by Crippen LogP contribution is -2.67. The van der Waals surface area contributed by atoms with Crippen molar-refractivity contribution in [3.63, 3.8) is 0 Å². The number of fused-ring (bicyclic) bond motifs is 2. The SMILES string of the molecule is NC1NC2OC3CNC(C4CCC4)CC3C(=O)C2CC1C(=O)O. The lowest BCUT2D eigenvalue weighted by Gasteiger charge is -2.50. The third-order valence-corrected chi connectivity index (χ3v) is 6.29. The highest BCUT2D eigenvalue weighted by Gasteiger charge is 2.52. The second-order valence-corrected chi connectivity index (χ2v) is 7.52. The highest BCUT2D eigenvalue weighted by atomic mass is 16.5. The molecule has 23 heavy (non-hydrogen) atoms. The van der Waals surface area contributed by atoms with Crippen LogP contribution in [0.2, 0.25) is 0 Å². The molecule has 4 aliphatic rings. The van der Waals surface area contributed by atoms with Crippen LogP contribution in [0.1, 0.15) is 32.1 Å². The van der Waals surface area contributed by atoms with Gasteiger partial charge in [0.1, 0.15) is 12.0 Å². The van der Waals surface area contributed by atoms with E-state index in [0.717, 1.165) is 6.42 Å². The zero-order valence-electron chi connectivity index (χ0n) is 13.1. The summed E-state index contributed by atoms with van der Waals surface area (Å²) in [5.41, 5.74) is 5.89. The van der Waals surface area contributed by atoms with Gasteiger partial charge in [0.25, 0.3) is 0 Å². The Morgan fingerprint density at radius 3 is 2.70 bits per heavy atom. The number of nitrogens with two attached hydrogens (primary N) is 1. The molecular weight excluding hydrogens is 298 g/mol. The minimum Gasteiger partial charge on any atom is -0.481 e. The number of aliphatic carboxylic acids is 1. The monoisotopic (exact) mass is 323 g/mol. The second-order valence-electron chi connectivity index (χ2n) is 7.52. The van der Waals surface area contributed by atoms with Crippen LogP contribution < -0.4 is 16.4 Å². The predicted molar refractivity (Wildman–Crippen MR) is 81.3 cm³/mol. The van der Waals surface area contributed by atoms with E-state index in [4.69, 9.17) is 10.5 Å². The molecule has 0 bridgehead atoms. The van der Waals surface area contributed by atoms with Gasteiger partial charge in [-0.2, -0.15) is 0 Å². The fraction of sp³-hybridized carbons (Fsp3) is 0.875. The molecule has 1 saturated carbocycles. The molecule has 0 aromatic rings. The van der Waals surface area contributed by atoms with Gasteiger partial charge >= 0.3 is 5.97 Å². The molecule has 4 rings (SSSR count). The summed E-state index contributed by atoms with van der Waals surface area (Å²) in [6.07, 6.45) is 3.63. The number of ketones is 1. The number of carbonyl (C=O) groups is 2. The standard InChI is InChI=1S/C16H25N3O4/c17-14-10(16(21)22)4-9-13(20)8-5-11(7-2-1-3-7)18-6-12(8)23-15(9)19-14/h7-12,14-15,18-19H,1-6,17H2,(H,21,22). The van der Waals surface area contributed by atoms with E-state index in [1.54, 1.807) is 0 Å². The summed E-state index contributed by atoms with van der Waals surface area (Å²) in [6, 6.07) is 0.406. The first-order valence-corrected chi connectivity index (χ1v) is 8.71. The maximum atomic E-state index is 13.0. The first kappa shape index (κ1) is 15.5. The number of carboxylic acid groups (broad SMARTS) is 1. The van der Waals surface area contributed by atoms with Crippen LogP contribution in [0.3, 0.4) is 0 Å². The normalized spacial score (nSPS) is 47.3. The Bertz CT molecular complexity index is 510. The van der Waals surface area contributed by atoms with Crippen LogP contribution >= 0.6 is 0 Å². The number of nitrogens with one attached hydrogen (secondary N) is 2. The molecular formula is C16H25N3O4. The summed E-state index contributed by atoms with van der Waals surface area (Å²) in [4.78, 5) is 24.3. The first-order chi connectivity index (χ1) is 11.0. The van der Waals surface area contributed by atoms with Crippen molar-refractivity contribution in [2.45, 2.75) is 56.6 Å². The highest BCUT2D eigenvalue weighted by molar-refractivity contribution is 5.86. The number of carboxylic acids is 1. The van der Waals surface area contributed by atoms with Crippen LogP contribution in [-0.2, 0) is 14.3 Å². The van der Waals surface area contributed by atoms with Gasteiger partial charge in [-0.15, -0.1) is 0 Å². The van der Waals surface area contributed by atoms with Crippen molar-refractivity contribution in [2.75, 3.05) is 6.54 Å². The number of hydrogen-bond donors (Lipinski definition) is 4. The Balaban J connectivity index is 1.49. The molecule has 0 amide bonds. The fourth-order valence-corrected chi connectivity index (χ4v) is 4.65. The van der Waals surface area contributed by atoms with E-state index in [2.05, 4.69) is 10.6 Å². The molecule has 0 aromatic carbocycles. The van der Waals surface area contributed by atoms with Gasteiger partial charge in [0, 0.05) is 18.5 Å². The Morgan fingerprint density at radius 2 is 2.04 bits per heavy atom. The molecule has 7 atom stereocenters. The van der Waals surface area contributed by atoms with Crippen LogP contribution in [-0.4, -0.2) is 47.9 Å². The van der Waals surface area contributed by atoms with Gasteiger partial charge in [-0.05, 0) is 31.6 Å². The number of ether oxygens (including phenoxy) is 1. The number of Topliss-reactive ketones (excluding diaryl/α,β-unsaturated/α-hetero) is 1. The van der Waals surface area contributed by atoms with Crippen molar-refractivity contribution in [2.24, 2.45) is 29.4 Å². The maximum Gasteiger partial charge on any atom is 0.309 e. The van der Waals surface area contributed by atoms with Crippen molar-refractivity contribution in [3.05, 3.63) is 0 Å². The smallest absolute Gasteiger partial charge is 0.309 e. The van der Waals surface area contributed by atoms with Gasteiger partial charge in [0.15, 0.2) is 0 Å². The number of hydrogen-bond acceptors (Lipinski definition) is 6. The Morgan fingerprint density at radius 1 is 1.26 bits per heavy atom. The molecule has 0 radical (unpaired) electrons. The topological polar surface area (TPSA) is 114 Å². The number of piperidine rings is 2. The van der Waals surface area contributed by atoms with Crippen LogP contribution in [0.15, 0.2) is 0 Å². The summed E-state index contributed by atoms with van der Waals surface area (Å²) in [5, 5.41) is 15.8. The predicted octanol–water partition coefficient (Wildman–Crippen LogP) is -0.346. The van der Waals surface area contributed by atoms with Crippen LogP contribution in [0.4, 0.5) is 0 Å². The second kappa shape index (κ2) is 5.81. The quantitative estimate of drug-likeness (QED) is 0.549. The Hall–Kier alpha value is -1.02. The van der Waals surface area contributed by atoms with E-state index in [0.29, 0.717) is 18.5 Å². The first-order valence-electron chi connectivity index (χ1n) is 8.71. The Kier molecular flexibility index (Phi) is 3.91. The van der Waals surface area contributed by atoms with Crippen molar-refractivity contribution >= 4 is 11.8 Å². The van der Waals surface area contributed by atoms with Gasteiger partial charge in [-0.3, -0.25) is 14.9 Å².